The smallest absolute Gasteiger partial charge is 0.384 e. The van der Waals surface area contributed by atoms with Crippen LogP contribution in [0, 0.1) is 0 Å². The predicted octanol–water partition coefficient (Wildman–Crippen LogP) is 2.49. The summed E-state index contributed by atoms with van der Waals surface area (Å²) < 4.78 is 11.4. The largest absolute Gasteiger partial charge is 0.393 e. The average molecular weight is 187 g/mol. The standard InChI is InChI=1S/C9H19O2Si/c1-3-6-9(2)11-12-8-5-4-7-10-12/h9H,3-8H2,1-2H3. The van der Waals surface area contributed by atoms with E-state index in [1.165, 1.54) is 25.3 Å². The van der Waals surface area contributed by atoms with E-state index in [9.17, 15) is 0 Å². The molecule has 1 rings (SSSR count). The molecule has 1 radical (unpaired) electrons. The second-order valence-electron chi connectivity index (χ2n) is 3.39. The van der Waals surface area contributed by atoms with Crippen LogP contribution < -0.4 is 0 Å². The molecule has 0 saturated carbocycles. The Hall–Kier alpha value is 0.137. The third kappa shape index (κ3) is 3.69. The van der Waals surface area contributed by atoms with E-state index in [0.29, 0.717) is 6.10 Å². The van der Waals surface area contributed by atoms with Crippen LogP contribution in [-0.2, 0) is 8.85 Å². The molecule has 0 aromatic rings. The van der Waals surface area contributed by atoms with Gasteiger partial charge in [-0.2, -0.15) is 0 Å². The molecule has 1 atom stereocenters. The van der Waals surface area contributed by atoms with Crippen molar-refractivity contribution in [2.45, 2.75) is 51.7 Å². The molecule has 0 aromatic heterocycles. The van der Waals surface area contributed by atoms with Gasteiger partial charge in [0.15, 0.2) is 0 Å². The zero-order chi connectivity index (χ0) is 8.81. The van der Waals surface area contributed by atoms with Crippen LogP contribution >= 0.6 is 0 Å². The fourth-order valence-corrected chi connectivity index (χ4v) is 3.22. The van der Waals surface area contributed by atoms with Gasteiger partial charge < -0.3 is 8.85 Å². The van der Waals surface area contributed by atoms with Crippen molar-refractivity contribution in [2.75, 3.05) is 6.61 Å². The van der Waals surface area contributed by atoms with Gasteiger partial charge in [0.05, 0.1) is 0 Å². The first-order chi connectivity index (χ1) is 5.83. The highest BCUT2D eigenvalue weighted by Crippen LogP contribution is 2.14. The molecule has 3 heteroatoms. The molecule has 1 aliphatic rings. The third-order valence-corrected chi connectivity index (χ3v) is 4.02. The molecule has 1 heterocycles. The molecule has 0 bridgehead atoms. The molecular formula is C9H19O2Si. The highest BCUT2D eigenvalue weighted by atomic mass is 28.3. The minimum Gasteiger partial charge on any atom is -0.393 e. The van der Waals surface area contributed by atoms with Gasteiger partial charge in [0.2, 0.25) is 0 Å². The van der Waals surface area contributed by atoms with Crippen molar-refractivity contribution in [1.29, 1.82) is 0 Å². The summed E-state index contributed by atoms with van der Waals surface area (Å²) in [6.07, 6.45) is 5.29. The van der Waals surface area contributed by atoms with Crippen LogP contribution in [-0.4, -0.2) is 22.0 Å². The van der Waals surface area contributed by atoms with Crippen LogP contribution in [0.3, 0.4) is 0 Å². The Bertz CT molecular complexity index is 113. The van der Waals surface area contributed by atoms with E-state index in [0.717, 1.165) is 13.0 Å². The Balaban J connectivity index is 2.11. The lowest BCUT2D eigenvalue weighted by Gasteiger charge is -2.23. The lowest BCUT2D eigenvalue weighted by Crippen LogP contribution is -2.30. The average Bonchev–Trinajstić information content (AvgIpc) is 2.06. The fourth-order valence-electron chi connectivity index (χ4n) is 1.41. The summed E-state index contributed by atoms with van der Waals surface area (Å²) in [5.74, 6) is 0. The quantitative estimate of drug-likeness (QED) is 0.630. The lowest BCUT2D eigenvalue weighted by atomic mass is 10.2. The number of hydrogen-bond acceptors (Lipinski definition) is 2. The molecule has 0 N–H and O–H groups in total. The zero-order valence-corrected chi connectivity index (χ0v) is 9.14. The molecule has 12 heavy (non-hydrogen) atoms. The molecule has 1 saturated heterocycles. The maximum atomic E-state index is 5.81. The van der Waals surface area contributed by atoms with Crippen molar-refractivity contribution < 1.29 is 8.85 Å². The van der Waals surface area contributed by atoms with Gasteiger partial charge in [-0.3, -0.25) is 0 Å². The predicted molar refractivity (Wildman–Crippen MR) is 51.2 cm³/mol. The van der Waals surface area contributed by atoms with Crippen LogP contribution in [0.5, 0.6) is 0 Å². The van der Waals surface area contributed by atoms with Crippen LogP contribution in [0.1, 0.15) is 39.5 Å². The van der Waals surface area contributed by atoms with Crippen molar-refractivity contribution in [3.05, 3.63) is 0 Å². The molecule has 1 aliphatic heterocycles. The molecule has 0 aromatic carbocycles. The molecular weight excluding hydrogens is 168 g/mol. The first-order valence-corrected chi connectivity index (χ1v) is 6.50. The van der Waals surface area contributed by atoms with Gasteiger partial charge in [0.1, 0.15) is 0 Å². The summed E-state index contributed by atoms with van der Waals surface area (Å²) in [4.78, 5) is 0. The second-order valence-corrected chi connectivity index (χ2v) is 5.16. The van der Waals surface area contributed by atoms with Gasteiger partial charge in [-0.25, -0.2) is 0 Å². The second kappa shape index (κ2) is 5.73. The van der Waals surface area contributed by atoms with E-state index < -0.39 is 9.28 Å². The van der Waals surface area contributed by atoms with E-state index in [1.54, 1.807) is 0 Å². The van der Waals surface area contributed by atoms with E-state index in [4.69, 9.17) is 8.85 Å². The zero-order valence-electron chi connectivity index (χ0n) is 8.14. The lowest BCUT2D eigenvalue weighted by molar-refractivity contribution is 0.128. The Kier molecular flexibility index (Phi) is 4.88. The normalized spacial score (nSPS) is 22.5. The summed E-state index contributed by atoms with van der Waals surface area (Å²) in [7, 11) is -0.869. The SMILES string of the molecule is CCCC(C)O[Si]1CCCCO1. The molecule has 1 fully saturated rings. The minimum absolute atomic E-state index is 0.405. The van der Waals surface area contributed by atoms with E-state index >= 15 is 0 Å². The third-order valence-electron chi connectivity index (χ3n) is 2.07. The van der Waals surface area contributed by atoms with Crippen LogP contribution in [0.4, 0.5) is 0 Å². The van der Waals surface area contributed by atoms with E-state index in [2.05, 4.69) is 13.8 Å². The summed E-state index contributed by atoms with van der Waals surface area (Å²) in [5.41, 5.74) is 0. The van der Waals surface area contributed by atoms with Crippen molar-refractivity contribution in [3.63, 3.8) is 0 Å². The maximum Gasteiger partial charge on any atom is 0.384 e. The Morgan fingerprint density at radius 1 is 1.50 bits per heavy atom. The summed E-state index contributed by atoms with van der Waals surface area (Å²) in [6.45, 7) is 5.27. The minimum atomic E-state index is -0.869. The molecule has 0 amide bonds. The van der Waals surface area contributed by atoms with Crippen LogP contribution in [0.2, 0.25) is 6.04 Å². The molecule has 0 aliphatic carbocycles. The maximum absolute atomic E-state index is 5.81. The first-order valence-electron chi connectivity index (χ1n) is 4.98. The Morgan fingerprint density at radius 2 is 2.33 bits per heavy atom. The topological polar surface area (TPSA) is 18.5 Å². The Labute approximate surface area is 77.1 Å². The molecule has 0 spiro atoms. The summed E-state index contributed by atoms with van der Waals surface area (Å²) in [6, 6.07) is 1.18. The summed E-state index contributed by atoms with van der Waals surface area (Å²) in [5, 5.41) is 0. The van der Waals surface area contributed by atoms with E-state index in [1.807, 2.05) is 0 Å². The van der Waals surface area contributed by atoms with Crippen molar-refractivity contribution in [3.8, 4) is 0 Å². The fraction of sp³-hybridized carbons (Fsp3) is 1.00. The number of rotatable bonds is 4. The first kappa shape index (κ1) is 10.2. The van der Waals surface area contributed by atoms with Gasteiger partial charge in [0.25, 0.3) is 0 Å². The molecule has 2 nitrogen and oxygen atoms in total. The molecule has 1 unspecified atom stereocenters. The van der Waals surface area contributed by atoms with Gasteiger partial charge in [-0.1, -0.05) is 13.3 Å². The summed E-state index contributed by atoms with van der Waals surface area (Å²) >= 11 is 0. The van der Waals surface area contributed by atoms with Gasteiger partial charge >= 0.3 is 9.28 Å². The van der Waals surface area contributed by atoms with Crippen molar-refractivity contribution >= 4 is 9.28 Å². The monoisotopic (exact) mass is 187 g/mol. The van der Waals surface area contributed by atoms with Gasteiger partial charge in [-0.05, 0) is 32.2 Å². The number of hydrogen-bond donors (Lipinski definition) is 0. The van der Waals surface area contributed by atoms with Crippen LogP contribution in [0.15, 0.2) is 0 Å². The Morgan fingerprint density at radius 3 is 2.92 bits per heavy atom. The van der Waals surface area contributed by atoms with Crippen molar-refractivity contribution in [2.24, 2.45) is 0 Å². The highest BCUT2D eigenvalue weighted by Gasteiger charge is 2.21. The van der Waals surface area contributed by atoms with Gasteiger partial charge in [0, 0.05) is 12.7 Å². The molecule has 71 valence electrons. The van der Waals surface area contributed by atoms with Crippen LogP contribution in [0.25, 0.3) is 0 Å². The van der Waals surface area contributed by atoms with E-state index in [-0.39, 0.29) is 0 Å². The van der Waals surface area contributed by atoms with Crippen molar-refractivity contribution in [1.82, 2.24) is 0 Å². The van der Waals surface area contributed by atoms with Gasteiger partial charge in [-0.15, -0.1) is 0 Å². The highest BCUT2D eigenvalue weighted by molar-refractivity contribution is 6.44.